The van der Waals surface area contributed by atoms with Gasteiger partial charge in [-0.25, -0.2) is 0 Å². The molecule has 3 heteroatoms. The van der Waals surface area contributed by atoms with Crippen molar-refractivity contribution in [3.63, 3.8) is 0 Å². The van der Waals surface area contributed by atoms with E-state index in [-0.39, 0.29) is 26.2 Å². The Morgan fingerprint density at radius 3 is 2.22 bits per heavy atom. The van der Waals surface area contributed by atoms with Gasteiger partial charge in [0.2, 0.25) is 0 Å². The molecule has 0 aromatic carbocycles. The van der Waals surface area contributed by atoms with E-state index in [1.165, 1.54) is 6.54 Å². The van der Waals surface area contributed by atoms with Gasteiger partial charge in [-0.15, -0.1) is 0 Å². The van der Waals surface area contributed by atoms with E-state index in [1.54, 1.807) is 0 Å². The maximum atomic E-state index is 5.16. The molecule has 0 aromatic heterocycles. The van der Waals surface area contributed by atoms with E-state index in [4.69, 9.17) is 4.74 Å². The summed E-state index contributed by atoms with van der Waals surface area (Å²) in [6.07, 6.45) is 0. The van der Waals surface area contributed by atoms with Crippen LogP contribution < -0.4 is 0 Å². The van der Waals surface area contributed by atoms with Crippen molar-refractivity contribution < 1.29 is 4.74 Å². The van der Waals surface area contributed by atoms with Crippen molar-refractivity contribution in [2.75, 3.05) is 32.8 Å². The normalized spacial score (nSPS) is 21.0. The fraction of sp³-hybridized carbons (Fsp3) is 1.00. The van der Waals surface area contributed by atoms with Crippen LogP contribution in [0.5, 0.6) is 0 Å². The molecule has 2 nitrogen and oxygen atoms in total. The molecular weight excluding hydrogens is 311 g/mol. The van der Waals surface area contributed by atoms with Crippen LogP contribution in [-0.2, 0) is 4.74 Å². The Hall–Kier alpha value is 0.803. The monoisotopic (exact) mass is 327 g/mol. The molecule has 9 heavy (non-hydrogen) atoms. The molecule has 0 atom stereocenters. The van der Waals surface area contributed by atoms with Gasteiger partial charge in [-0.1, -0.05) is 6.92 Å². The molecule has 0 radical (unpaired) electrons. The zero-order valence-corrected chi connectivity index (χ0v) is 11.6. The van der Waals surface area contributed by atoms with E-state index in [0.717, 1.165) is 26.3 Å². The molecule has 0 aromatic rings. The van der Waals surface area contributed by atoms with Crippen LogP contribution in [0.2, 0.25) is 0 Å². The fourth-order valence-corrected chi connectivity index (χ4v) is 0.917. The molecule has 0 saturated carbocycles. The minimum absolute atomic E-state index is 0. The number of rotatable bonds is 1. The quantitative estimate of drug-likeness (QED) is 0.582. The third-order valence-corrected chi connectivity index (χ3v) is 1.55. The summed E-state index contributed by atoms with van der Waals surface area (Å²) in [5.41, 5.74) is 0. The van der Waals surface area contributed by atoms with Gasteiger partial charge in [-0.2, -0.15) is 0 Å². The molecule has 1 rings (SSSR count). The van der Waals surface area contributed by atoms with Crippen LogP contribution in [0.4, 0.5) is 0 Å². The Labute approximate surface area is 75.7 Å². The van der Waals surface area contributed by atoms with Gasteiger partial charge >= 0.3 is 26.2 Å². The Kier molecular flexibility index (Phi) is 6.08. The third-order valence-electron chi connectivity index (χ3n) is 1.55. The van der Waals surface area contributed by atoms with E-state index < -0.39 is 0 Å². The molecule has 0 aliphatic carbocycles. The summed E-state index contributed by atoms with van der Waals surface area (Å²) in [5, 5.41) is 0. The summed E-state index contributed by atoms with van der Waals surface area (Å²) >= 11 is 0. The van der Waals surface area contributed by atoms with Crippen molar-refractivity contribution in [3.05, 3.63) is 0 Å². The molecule has 56 valence electrons. The van der Waals surface area contributed by atoms with Crippen LogP contribution in [0.25, 0.3) is 0 Å². The number of hydrogen-bond donors (Lipinski definition) is 0. The summed E-state index contributed by atoms with van der Waals surface area (Å²) in [7, 11) is 0. The van der Waals surface area contributed by atoms with Crippen LogP contribution >= 0.6 is 0 Å². The maximum absolute atomic E-state index is 5.16. The SMILES string of the molecule is CCN1CCOCC1.[BiH3]. The Morgan fingerprint density at radius 1 is 1.33 bits per heavy atom. The second-order valence-corrected chi connectivity index (χ2v) is 2.05. The Bertz CT molecular complexity index is 64.1. The molecule has 1 fully saturated rings. The van der Waals surface area contributed by atoms with Gasteiger partial charge < -0.3 is 4.74 Å². The summed E-state index contributed by atoms with van der Waals surface area (Å²) in [6.45, 7) is 7.45. The van der Waals surface area contributed by atoms with Gasteiger partial charge in [0.1, 0.15) is 0 Å². The van der Waals surface area contributed by atoms with E-state index in [2.05, 4.69) is 11.8 Å². The van der Waals surface area contributed by atoms with Crippen molar-refractivity contribution >= 4 is 26.2 Å². The number of nitrogens with zero attached hydrogens (tertiary/aromatic N) is 1. The predicted molar refractivity (Wildman–Crippen MR) is 42.9 cm³/mol. The van der Waals surface area contributed by atoms with Crippen LogP contribution in [0.3, 0.4) is 0 Å². The first-order chi connectivity index (χ1) is 3.93. The first-order valence-electron chi connectivity index (χ1n) is 3.23. The number of hydrogen-bond acceptors (Lipinski definition) is 2. The number of likely N-dealkylation sites (N-methyl/N-ethyl adjacent to an activating group) is 1. The average Bonchev–Trinajstić information content (AvgIpc) is 1.90. The zero-order valence-electron chi connectivity index (χ0n) is 6.10. The molecule has 0 unspecified atom stereocenters. The van der Waals surface area contributed by atoms with E-state index in [9.17, 15) is 0 Å². The molecule has 1 aliphatic heterocycles. The fourth-order valence-electron chi connectivity index (χ4n) is 0.917. The summed E-state index contributed by atoms with van der Waals surface area (Å²) < 4.78 is 5.16. The molecule has 1 heterocycles. The van der Waals surface area contributed by atoms with E-state index >= 15 is 0 Å². The Morgan fingerprint density at radius 2 is 1.89 bits per heavy atom. The second kappa shape index (κ2) is 5.58. The topological polar surface area (TPSA) is 12.5 Å². The van der Waals surface area contributed by atoms with Gasteiger partial charge in [0.05, 0.1) is 13.2 Å². The first-order valence-corrected chi connectivity index (χ1v) is 3.23. The minimum atomic E-state index is 0. The van der Waals surface area contributed by atoms with Crippen molar-refractivity contribution in [2.45, 2.75) is 6.92 Å². The van der Waals surface area contributed by atoms with E-state index in [0.29, 0.717) is 0 Å². The van der Waals surface area contributed by atoms with Crippen molar-refractivity contribution in [1.29, 1.82) is 0 Å². The van der Waals surface area contributed by atoms with E-state index in [1.807, 2.05) is 0 Å². The van der Waals surface area contributed by atoms with Crippen LogP contribution in [-0.4, -0.2) is 64.0 Å². The molecule has 0 spiro atoms. The van der Waals surface area contributed by atoms with Crippen LogP contribution in [0.15, 0.2) is 0 Å². The summed E-state index contributed by atoms with van der Waals surface area (Å²) in [4.78, 5) is 2.39. The summed E-state index contributed by atoms with van der Waals surface area (Å²) in [6, 6.07) is 0. The molecule has 1 saturated heterocycles. The number of morpholine rings is 1. The molecule has 1 aliphatic rings. The first kappa shape index (κ1) is 9.80. The van der Waals surface area contributed by atoms with Gasteiger partial charge in [0.25, 0.3) is 0 Å². The number of ether oxygens (including phenoxy) is 1. The second-order valence-electron chi connectivity index (χ2n) is 2.05. The van der Waals surface area contributed by atoms with Gasteiger partial charge in [0, 0.05) is 13.1 Å². The predicted octanol–water partition coefficient (Wildman–Crippen LogP) is -0.845. The van der Waals surface area contributed by atoms with Crippen molar-refractivity contribution in [1.82, 2.24) is 4.90 Å². The molecular formula is C6H16BiNO. The molecule has 0 N–H and O–H groups in total. The Balaban J connectivity index is 0.000000640. The van der Waals surface area contributed by atoms with Crippen LogP contribution in [0.1, 0.15) is 6.92 Å². The average molecular weight is 327 g/mol. The third kappa shape index (κ3) is 3.49. The zero-order chi connectivity index (χ0) is 5.82. The molecule has 0 bridgehead atoms. The van der Waals surface area contributed by atoms with Gasteiger partial charge in [-0.3, -0.25) is 4.90 Å². The van der Waals surface area contributed by atoms with Crippen molar-refractivity contribution in [3.8, 4) is 0 Å². The summed E-state index contributed by atoms with van der Waals surface area (Å²) in [5.74, 6) is 0. The standard InChI is InChI=1S/C6H13NO.Bi.3H/c1-2-7-3-5-8-6-4-7;;;;/h2-6H2,1H3;;;;. The van der Waals surface area contributed by atoms with Crippen molar-refractivity contribution in [2.24, 2.45) is 0 Å². The van der Waals surface area contributed by atoms with Gasteiger partial charge in [0.15, 0.2) is 0 Å². The van der Waals surface area contributed by atoms with Crippen LogP contribution in [0, 0.1) is 0 Å². The van der Waals surface area contributed by atoms with Gasteiger partial charge in [-0.05, 0) is 6.54 Å². The molecule has 0 amide bonds.